The number of anilines is 2. The smallest absolute Gasteiger partial charge is 0.410 e. The lowest BCUT2D eigenvalue weighted by Crippen LogP contribution is -2.55. The quantitative estimate of drug-likeness (QED) is 0.396. The van der Waals surface area contributed by atoms with Gasteiger partial charge in [0.25, 0.3) is 5.91 Å². The number of hydrogen-bond acceptors (Lipinski definition) is 8. The number of aryl methyl sites for hydroxylation is 2. The molecule has 0 saturated carbocycles. The lowest BCUT2D eigenvalue weighted by Gasteiger charge is -2.42. The fraction of sp³-hybridized carbons (Fsp3) is 0.605. The molecule has 13 nitrogen and oxygen atoms in total. The molecule has 4 amide bonds. The summed E-state index contributed by atoms with van der Waals surface area (Å²) >= 11 is 0. The number of piperazine rings is 1. The SMILES string of the molecule is CCNc1c(C)cc(C[C@@H](OC(=O)N2CCC(N3CCc4ccccc4NC3=O)CC2)C(=O)N2CCC(N3CCN(S(C)(=O)=O)CC3)CC2)cc1C. The largest absolute Gasteiger partial charge is 0.436 e. The zero-order chi connectivity index (χ0) is 37.0. The number of likely N-dealkylation sites (tertiary alicyclic amines) is 2. The van der Waals surface area contributed by atoms with Crippen molar-refractivity contribution in [2.24, 2.45) is 0 Å². The number of sulfonamides is 1. The summed E-state index contributed by atoms with van der Waals surface area (Å²) in [6.45, 7) is 11.9. The van der Waals surface area contributed by atoms with Gasteiger partial charge in [0.2, 0.25) is 10.0 Å². The molecule has 3 fully saturated rings. The maximum Gasteiger partial charge on any atom is 0.410 e. The van der Waals surface area contributed by atoms with E-state index in [0.717, 1.165) is 59.4 Å². The van der Waals surface area contributed by atoms with Gasteiger partial charge in [-0.15, -0.1) is 0 Å². The number of ether oxygens (including phenoxy) is 1. The third-order valence-electron chi connectivity index (χ3n) is 11.2. The first kappa shape index (κ1) is 37.9. The summed E-state index contributed by atoms with van der Waals surface area (Å²) in [6, 6.07) is 12.2. The highest BCUT2D eigenvalue weighted by Crippen LogP contribution is 2.27. The normalized spacial score (nSPS) is 20.5. The van der Waals surface area contributed by atoms with Crippen LogP contribution in [0.3, 0.4) is 0 Å². The number of rotatable bonds is 9. The van der Waals surface area contributed by atoms with Crippen LogP contribution in [-0.4, -0.2) is 140 Å². The van der Waals surface area contributed by atoms with Crippen LogP contribution in [0.2, 0.25) is 0 Å². The highest BCUT2D eigenvalue weighted by atomic mass is 32.2. The van der Waals surface area contributed by atoms with Gasteiger partial charge < -0.3 is 30.1 Å². The Morgan fingerprint density at radius 1 is 0.885 bits per heavy atom. The van der Waals surface area contributed by atoms with Crippen molar-refractivity contribution in [3.05, 3.63) is 58.7 Å². The number of hydrogen-bond donors (Lipinski definition) is 2. The molecular weight excluding hydrogens is 683 g/mol. The summed E-state index contributed by atoms with van der Waals surface area (Å²) in [6.07, 6.45) is 3.66. The number of nitrogens with zero attached hydrogens (tertiary/aromatic N) is 5. The van der Waals surface area contributed by atoms with Crippen molar-refractivity contribution in [2.75, 3.05) is 82.3 Å². The van der Waals surface area contributed by atoms with E-state index in [0.29, 0.717) is 71.7 Å². The number of para-hydroxylation sites is 1. The average molecular weight is 738 g/mol. The number of fused-ring (bicyclic) bond motifs is 1. The minimum atomic E-state index is -3.20. The van der Waals surface area contributed by atoms with Crippen LogP contribution >= 0.6 is 0 Å². The van der Waals surface area contributed by atoms with Crippen molar-refractivity contribution in [1.82, 2.24) is 23.9 Å². The van der Waals surface area contributed by atoms with Crippen LogP contribution in [0.4, 0.5) is 21.0 Å². The Hall–Kier alpha value is -3.88. The maximum absolute atomic E-state index is 14.2. The fourth-order valence-electron chi connectivity index (χ4n) is 8.37. The van der Waals surface area contributed by atoms with Crippen LogP contribution in [0.5, 0.6) is 0 Å². The lowest BCUT2D eigenvalue weighted by molar-refractivity contribution is -0.142. The van der Waals surface area contributed by atoms with Gasteiger partial charge in [0.05, 0.1) is 6.26 Å². The van der Waals surface area contributed by atoms with Gasteiger partial charge in [0, 0.05) is 95.3 Å². The minimum absolute atomic E-state index is 0.00707. The summed E-state index contributed by atoms with van der Waals surface area (Å²) < 4.78 is 31.6. The van der Waals surface area contributed by atoms with Crippen molar-refractivity contribution in [1.29, 1.82) is 0 Å². The molecule has 4 aliphatic rings. The van der Waals surface area contributed by atoms with E-state index in [9.17, 15) is 22.8 Å². The number of amides is 4. The molecule has 1 atom stereocenters. The van der Waals surface area contributed by atoms with Crippen molar-refractivity contribution in [3.8, 4) is 0 Å². The topological polar surface area (TPSA) is 135 Å². The third kappa shape index (κ3) is 8.83. The molecule has 0 unspecified atom stereocenters. The average Bonchev–Trinajstić information content (AvgIpc) is 3.30. The van der Waals surface area contributed by atoms with Gasteiger partial charge in [-0.25, -0.2) is 18.0 Å². The Kier molecular flexibility index (Phi) is 12.0. The first-order chi connectivity index (χ1) is 24.9. The number of piperidine rings is 2. The minimum Gasteiger partial charge on any atom is -0.436 e. The number of benzene rings is 2. The van der Waals surface area contributed by atoms with E-state index in [2.05, 4.69) is 34.6 Å². The van der Waals surface area contributed by atoms with Gasteiger partial charge in [-0.1, -0.05) is 30.3 Å². The van der Waals surface area contributed by atoms with Crippen molar-refractivity contribution in [3.63, 3.8) is 0 Å². The molecule has 2 N–H and O–H groups in total. The predicted octanol–water partition coefficient (Wildman–Crippen LogP) is 3.91. The van der Waals surface area contributed by atoms with Crippen molar-refractivity contribution in [2.45, 2.75) is 77.5 Å². The summed E-state index contributed by atoms with van der Waals surface area (Å²) in [4.78, 5) is 48.8. The lowest BCUT2D eigenvalue weighted by atomic mass is 9.98. The molecule has 0 spiro atoms. The molecule has 2 aromatic carbocycles. The van der Waals surface area contributed by atoms with E-state index < -0.39 is 22.2 Å². The summed E-state index contributed by atoms with van der Waals surface area (Å²) in [5.74, 6) is -0.185. The van der Waals surface area contributed by atoms with Gasteiger partial charge in [0.1, 0.15) is 0 Å². The predicted molar refractivity (Wildman–Crippen MR) is 202 cm³/mol. The Bertz CT molecular complexity index is 1690. The van der Waals surface area contributed by atoms with Crippen molar-refractivity contribution < 1.29 is 27.5 Å². The number of nitrogens with one attached hydrogen (secondary N) is 2. The molecule has 0 bridgehead atoms. The van der Waals surface area contributed by atoms with Crippen LogP contribution in [0.25, 0.3) is 0 Å². The van der Waals surface area contributed by atoms with Gasteiger partial charge >= 0.3 is 12.1 Å². The van der Waals surface area contributed by atoms with Crippen molar-refractivity contribution >= 4 is 39.4 Å². The summed E-state index contributed by atoms with van der Waals surface area (Å²) in [5.41, 5.74) is 6.14. The van der Waals surface area contributed by atoms with Gasteiger partial charge in [0.15, 0.2) is 6.10 Å². The Morgan fingerprint density at radius 3 is 2.13 bits per heavy atom. The Morgan fingerprint density at radius 2 is 1.50 bits per heavy atom. The molecule has 2 aromatic rings. The first-order valence-corrected chi connectivity index (χ1v) is 20.7. The van der Waals surface area contributed by atoms with E-state index in [1.54, 1.807) is 4.90 Å². The molecule has 0 aromatic heterocycles. The fourth-order valence-corrected chi connectivity index (χ4v) is 9.20. The Labute approximate surface area is 308 Å². The highest BCUT2D eigenvalue weighted by molar-refractivity contribution is 7.88. The molecule has 284 valence electrons. The van der Waals surface area contributed by atoms with Crippen LogP contribution in [0, 0.1) is 13.8 Å². The summed E-state index contributed by atoms with van der Waals surface area (Å²) in [5, 5.41) is 6.47. The van der Waals surface area contributed by atoms with Gasteiger partial charge in [-0.05, 0) is 81.2 Å². The highest BCUT2D eigenvalue weighted by Gasteiger charge is 2.37. The zero-order valence-electron chi connectivity index (χ0n) is 31.1. The standard InChI is InChI=1S/C38H55N7O6S/c1-5-39-35-27(2)24-29(25-28(35)3)26-34(36(46)42-15-11-31(12-16-42)41-20-22-44(23-21-41)52(4,49)50)51-38(48)43-17-13-32(14-18-43)45-19-10-30-8-6-7-9-33(30)40-37(45)47/h6-9,24-25,31-32,34,39H,5,10-23,26H2,1-4H3,(H,40,47)/t34-/m1/s1. The zero-order valence-corrected chi connectivity index (χ0v) is 31.9. The van der Waals surface area contributed by atoms with E-state index in [1.165, 1.54) is 10.6 Å². The molecule has 0 radical (unpaired) electrons. The second-order valence-corrected chi connectivity index (χ2v) is 16.7. The van der Waals surface area contributed by atoms with E-state index >= 15 is 0 Å². The molecule has 4 heterocycles. The second kappa shape index (κ2) is 16.4. The van der Waals surface area contributed by atoms with E-state index in [-0.39, 0.29) is 30.4 Å². The van der Waals surface area contributed by atoms with E-state index in [1.807, 2.05) is 47.9 Å². The molecule has 4 aliphatic heterocycles. The number of carbonyl (C=O) groups excluding carboxylic acids is 3. The monoisotopic (exact) mass is 737 g/mol. The van der Waals surface area contributed by atoms with Crippen LogP contribution in [0.1, 0.15) is 54.9 Å². The molecule has 6 rings (SSSR count). The maximum atomic E-state index is 14.2. The number of carbonyl (C=O) groups is 3. The summed E-state index contributed by atoms with van der Waals surface area (Å²) in [7, 11) is -3.20. The number of urea groups is 1. The van der Waals surface area contributed by atoms with Crippen LogP contribution < -0.4 is 10.6 Å². The van der Waals surface area contributed by atoms with Gasteiger partial charge in [-0.2, -0.15) is 4.31 Å². The van der Waals surface area contributed by atoms with E-state index in [4.69, 9.17) is 4.74 Å². The Balaban J connectivity index is 1.09. The molecule has 3 saturated heterocycles. The molecule has 52 heavy (non-hydrogen) atoms. The first-order valence-electron chi connectivity index (χ1n) is 18.8. The third-order valence-corrected chi connectivity index (χ3v) is 12.5. The molecular formula is C38H55N7O6S. The van der Waals surface area contributed by atoms with Crippen LogP contribution in [-0.2, 0) is 32.4 Å². The van der Waals surface area contributed by atoms with Gasteiger partial charge in [-0.3, -0.25) is 9.69 Å². The second-order valence-electron chi connectivity index (χ2n) is 14.7. The van der Waals surface area contributed by atoms with Crippen LogP contribution in [0.15, 0.2) is 36.4 Å². The molecule has 0 aliphatic carbocycles. The molecule has 14 heteroatoms.